The van der Waals surface area contributed by atoms with Gasteiger partial charge in [-0.2, -0.15) is 0 Å². The molecule has 0 spiro atoms. The Morgan fingerprint density at radius 2 is 2.40 bits per heavy atom. The Bertz CT molecular complexity index is 463. The summed E-state index contributed by atoms with van der Waals surface area (Å²) in [6.07, 6.45) is 4.36. The summed E-state index contributed by atoms with van der Waals surface area (Å²) in [7, 11) is 2.16. The number of aromatic nitrogens is 1. The fourth-order valence-corrected chi connectivity index (χ4v) is 3.21. The van der Waals surface area contributed by atoms with Gasteiger partial charge in [-0.3, -0.25) is 9.88 Å². The number of hydrogen-bond acceptors (Lipinski definition) is 4. The first-order valence-electron chi connectivity index (χ1n) is 7.28. The summed E-state index contributed by atoms with van der Waals surface area (Å²) in [5.41, 5.74) is 7.61. The largest absolute Gasteiger partial charge is 0.388 e. The molecular formula is C15H24N4S. The smallest absolute Gasteiger partial charge is 0.123 e. The molecule has 1 aromatic rings. The normalized spacial score (nSPS) is 19.6. The first-order chi connectivity index (χ1) is 9.61. The molecule has 1 saturated heterocycles. The van der Waals surface area contributed by atoms with E-state index in [0.29, 0.717) is 11.0 Å². The highest BCUT2D eigenvalue weighted by Gasteiger charge is 2.24. The minimum atomic E-state index is 0.380. The van der Waals surface area contributed by atoms with Crippen LogP contribution in [0.15, 0.2) is 18.3 Å². The second kappa shape index (κ2) is 7.11. The number of pyridine rings is 1. The van der Waals surface area contributed by atoms with Gasteiger partial charge < -0.3 is 10.6 Å². The van der Waals surface area contributed by atoms with Crippen LogP contribution in [0.3, 0.4) is 0 Å². The van der Waals surface area contributed by atoms with Crippen molar-refractivity contribution in [1.82, 2.24) is 14.8 Å². The molecule has 1 atom stereocenters. The van der Waals surface area contributed by atoms with E-state index < -0.39 is 0 Å². The summed E-state index contributed by atoms with van der Waals surface area (Å²) in [4.78, 5) is 9.58. The molecule has 4 nitrogen and oxygen atoms in total. The lowest BCUT2D eigenvalue weighted by molar-refractivity contribution is 0.194. The van der Waals surface area contributed by atoms with Crippen molar-refractivity contribution in [3.05, 3.63) is 29.6 Å². The van der Waals surface area contributed by atoms with E-state index in [-0.39, 0.29) is 0 Å². The van der Waals surface area contributed by atoms with Gasteiger partial charge in [-0.15, -0.1) is 0 Å². The average molecular weight is 292 g/mol. The third-order valence-corrected chi connectivity index (χ3v) is 4.19. The number of likely N-dealkylation sites (tertiary alicyclic amines) is 1. The molecule has 0 bridgehead atoms. The predicted octanol–water partition coefficient (Wildman–Crippen LogP) is 1.63. The van der Waals surface area contributed by atoms with Gasteiger partial charge in [0, 0.05) is 25.3 Å². The Labute approximate surface area is 127 Å². The van der Waals surface area contributed by atoms with E-state index in [2.05, 4.69) is 34.8 Å². The maximum absolute atomic E-state index is 5.74. The quantitative estimate of drug-likeness (QED) is 0.808. The standard InChI is InChI=1S/C15H24N4S/c1-3-19-9-5-7-13(19)11-18(2)10-12-6-4-8-17-14(12)15(16)20/h4,6,8,13H,3,5,7,9-11H2,1-2H3,(H2,16,20). The fourth-order valence-electron chi connectivity index (χ4n) is 3.02. The van der Waals surface area contributed by atoms with Crippen molar-refractivity contribution in [2.24, 2.45) is 5.73 Å². The molecule has 0 saturated carbocycles. The molecule has 2 N–H and O–H groups in total. The zero-order valence-corrected chi connectivity index (χ0v) is 13.2. The molecule has 110 valence electrons. The minimum absolute atomic E-state index is 0.380. The van der Waals surface area contributed by atoms with Crippen LogP contribution in [0.4, 0.5) is 0 Å². The number of rotatable bonds is 6. The van der Waals surface area contributed by atoms with E-state index in [1.54, 1.807) is 6.20 Å². The molecule has 1 fully saturated rings. The monoisotopic (exact) mass is 292 g/mol. The van der Waals surface area contributed by atoms with Crippen LogP contribution < -0.4 is 5.73 Å². The summed E-state index contributed by atoms with van der Waals surface area (Å²) < 4.78 is 0. The Hall–Kier alpha value is -1.04. The van der Waals surface area contributed by atoms with Crippen molar-refractivity contribution in [3.8, 4) is 0 Å². The van der Waals surface area contributed by atoms with Gasteiger partial charge in [0.1, 0.15) is 10.7 Å². The van der Waals surface area contributed by atoms with Gasteiger partial charge in [-0.05, 0) is 44.6 Å². The van der Waals surface area contributed by atoms with Crippen LogP contribution in [0.5, 0.6) is 0 Å². The number of nitrogens with zero attached hydrogens (tertiary/aromatic N) is 3. The van der Waals surface area contributed by atoms with E-state index in [9.17, 15) is 0 Å². The van der Waals surface area contributed by atoms with Crippen molar-refractivity contribution in [2.75, 3.05) is 26.7 Å². The van der Waals surface area contributed by atoms with Gasteiger partial charge in [0.15, 0.2) is 0 Å². The van der Waals surface area contributed by atoms with Crippen LogP contribution in [0.1, 0.15) is 31.0 Å². The van der Waals surface area contributed by atoms with E-state index in [1.807, 2.05) is 6.07 Å². The van der Waals surface area contributed by atoms with Crippen molar-refractivity contribution < 1.29 is 0 Å². The van der Waals surface area contributed by atoms with E-state index in [4.69, 9.17) is 18.0 Å². The van der Waals surface area contributed by atoms with E-state index >= 15 is 0 Å². The third-order valence-electron chi connectivity index (χ3n) is 3.99. The first-order valence-corrected chi connectivity index (χ1v) is 7.69. The van der Waals surface area contributed by atoms with Crippen LogP contribution in [0, 0.1) is 0 Å². The lowest BCUT2D eigenvalue weighted by atomic mass is 10.1. The van der Waals surface area contributed by atoms with Gasteiger partial charge in [-0.25, -0.2) is 0 Å². The van der Waals surface area contributed by atoms with Crippen LogP contribution in [-0.2, 0) is 6.54 Å². The second-order valence-electron chi connectivity index (χ2n) is 5.50. The number of nitrogens with two attached hydrogens (primary N) is 1. The van der Waals surface area contributed by atoms with Crippen molar-refractivity contribution >= 4 is 17.2 Å². The minimum Gasteiger partial charge on any atom is -0.388 e. The SMILES string of the molecule is CCN1CCCC1CN(C)Cc1cccnc1C(N)=S. The highest BCUT2D eigenvalue weighted by atomic mass is 32.1. The maximum Gasteiger partial charge on any atom is 0.123 e. The summed E-state index contributed by atoms with van der Waals surface area (Å²) in [6, 6.07) is 4.68. The van der Waals surface area contributed by atoms with Crippen LogP contribution >= 0.6 is 12.2 Å². The van der Waals surface area contributed by atoms with Gasteiger partial charge in [-0.1, -0.05) is 25.2 Å². The van der Waals surface area contributed by atoms with Gasteiger partial charge in [0.25, 0.3) is 0 Å². The molecule has 1 aliphatic heterocycles. The number of likely N-dealkylation sites (N-methyl/N-ethyl adjacent to an activating group) is 2. The summed E-state index contributed by atoms with van der Waals surface area (Å²) >= 11 is 5.07. The van der Waals surface area contributed by atoms with Gasteiger partial charge in [0.05, 0.1) is 0 Å². The molecule has 1 unspecified atom stereocenters. The van der Waals surface area contributed by atoms with Gasteiger partial charge in [0.2, 0.25) is 0 Å². The third kappa shape index (κ3) is 3.75. The van der Waals surface area contributed by atoms with Crippen LogP contribution in [0.2, 0.25) is 0 Å². The average Bonchev–Trinajstić information content (AvgIpc) is 2.86. The van der Waals surface area contributed by atoms with E-state index in [1.165, 1.54) is 19.4 Å². The zero-order valence-electron chi connectivity index (χ0n) is 12.4. The topological polar surface area (TPSA) is 45.4 Å². The zero-order chi connectivity index (χ0) is 14.5. The van der Waals surface area contributed by atoms with Gasteiger partial charge >= 0.3 is 0 Å². The molecule has 20 heavy (non-hydrogen) atoms. The first kappa shape index (κ1) is 15.4. The highest BCUT2D eigenvalue weighted by Crippen LogP contribution is 2.18. The Kier molecular flexibility index (Phi) is 5.46. The van der Waals surface area contributed by atoms with Crippen molar-refractivity contribution in [3.63, 3.8) is 0 Å². The highest BCUT2D eigenvalue weighted by molar-refractivity contribution is 7.80. The fraction of sp³-hybridized carbons (Fsp3) is 0.600. The molecule has 0 radical (unpaired) electrons. The molecule has 1 aromatic heterocycles. The molecule has 2 rings (SSSR count). The molecule has 5 heteroatoms. The molecular weight excluding hydrogens is 268 g/mol. The van der Waals surface area contributed by atoms with Crippen molar-refractivity contribution in [2.45, 2.75) is 32.4 Å². The summed E-state index contributed by atoms with van der Waals surface area (Å²) in [5, 5.41) is 0. The molecule has 1 aliphatic rings. The number of thiocarbonyl (C=S) groups is 1. The predicted molar refractivity (Wildman–Crippen MR) is 86.7 cm³/mol. The lowest BCUT2D eigenvalue weighted by Crippen LogP contribution is -2.38. The summed E-state index contributed by atoms with van der Waals surface area (Å²) in [6.45, 7) is 6.54. The summed E-state index contributed by atoms with van der Waals surface area (Å²) in [5.74, 6) is 0. The molecule has 0 aliphatic carbocycles. The van der Waals surface area contributed by atoms with E-state index in [0.717, 1.165) is 30.9 Å². The molecule has 0 aromatic carbocycles. The maximum atomic E-state index is 5.74. The Morgan fingerprint density at radius 1 is 1.60 bits per heavy atom. The number of hydrogen-bond donors (Lipinski definition) is 1. The molecule has 0 amide bonds. The van der Waals surface area contributed by atoms with Crippen LogP contribution in [0.25, 0.3) is 0 Å². The second-order valence-corrected chi connectivity index (χ2v) is 5.94. The Balaban J connectivity index is 1.98. The van der Waals surface area contributed by atoms with Crippen LogP contribution in [-0.4, -0.2) is 52.5 Å². The molecule has 2 heterocycles. The Morgan fingerprint density at radius 3 is 3.10 bits per heavy atom. The van der Waals surface area contributed by atoms with Crippen molar-refractivity contribution in [1.29, 1.82) is 0 Å². The lowest BCUT2D eigenvalue weighted by Gasteiger charge is -2.28.